The predicted molar refractivity (Wildman–Crippen MR) is 83.1 cm³/mol. The van der Waals surface area contributed by atoms with Gasteiger partial charge in [0.2, 0.25) is 0 Å². The Morgan fingerprint density at radius 3 is 2.85 bits per heavy atom. The number of rotatable bonds is 3. The lowest BCUT2D eigenvalue weighted by molar-refractivity contribution is -0.121. The van der Waals surface area contributed by atoms with Gasteiger partial charge in [-0.3, -0.25) is 0 Å². The number of hydrogen-bond donors (Lipinski definition) is 1. The van der Waals surface area contributed by atoms with Crippen LogP contribution in [-0.2, 0) is 4.74 Å². The second-order valence-corrected chi connectivity index (χ2v) is 7.30. The van der Waals surface area contributed by atoms with E-state index >= 15 is 0 Å². The van der Waals surface area contributed by atoms with Gasteiger partial charge in [-0.2, -0.15) is 0 Å². The van der Waals surface area contributed by atoms with E-state index in [0.29, 0.717) is 12.0 Å². The van der Waals surface area contributed by atoms with Crippen LogP contribution in [0.1, 0.15) is 61.6 Å². The molecule has 1 aliphatic carbocycles. The molecular formula is C16H26N2OS. The molecule has 0 aromatic carbocycles. The third-order valence-corrected chi connectivity index (χ3v) is 6.16. The van der Waals surface area contributed by atoms with E-state index in [2.05, 4.69) is 24.3 Å². The van der Waals surface area contributed by atoms with Crippen LogP contribution in [0.3, 0.4) is 0 Å². The molecule has 3 nitrogen and oxygen atoms in total. The Morgan fingerprint density at radius 2 is 2.20 bits per heavy atom. The molecule has 2 fully saturated rings. The van der Waals surface area contributed by atoms with Crippen LogP contribution < -0.4 is 5.32 Å². The number of thiazole rings is 1. The molecular weight excluding hydrogens is 268 g/mol. The predicted octanol–water partition coefficient (Wildman–Crippen LogP) is 3.84. The summed E-state index contributed by atoms with van der Waals surface area (Å²) in [6.45, 7) is 3.06. The lowest BCUT2D eigenvalue weighted by Crippen LogP contribution is -2.44. The Morgan fingerprint density at radius 1 is 1.40 bits per heavy atom. The van der Waals surface area contributed by atoms with Crippen molar-refractivity contribution < 1.29 is 4.74 Å². The summed E-state index contributed by atoms with van der Waals surface area (Å²) in [4.78, 5) is 5.85. The number of hydrogen-bond acceptors (Lipinski definition) is 4. The maximum absolute atomic E-state index is 6.24. The first kappa shape index (κ1) is 14.5. The van der Waals surface area contributed by atoms with Crippen LogP contribution in [0.15, 0.2) is 5.51 Å². The highest BCUT2D eigenvalue weighted by molar-refractivity contribution is 7.09. The van der Waals surface area contributed by atoms with E-state index in [1.54, 1.807) is 11.3 Å². The molecule has 112 valence electrons. The summed E-state index contributed by atoms with van der Waals surface area (Å²) in [6.07, 6.45) is 9.00. The molecule has 4 heteroatoms. The van der Waals surface area contributed by atoms with Crippen LogP contribution in [0.25, 0.3) is 0 Å². The second kappa shape index (κ2) is 6.12. The van der Waals surface area contributed by atoms with Crippen molar-refractivity contribution >= 4 is 11.3 Å². The standard InChI is InChI=1S/C16H26N2OS/c1-12-15(20-11-18-12)14(17-2)13-6-9-19-16(10-13)7-4-3-5-8-16/h11,13-14,17H,3-10H2,1-2H3. The van der Waals surface area contributed by atoms with E-state index in [1.807, 2.05) is 5.51 Å². The van der Waals surface area contributed by atoms with Crippen molar-refractivity contribution in [3.05, 3.63) is 16.1 Å². The summed E-state index contributed by atoms with van der Waals surface area (Å²) in [5, 5.41) is 3.55. The van der Waals surface area contributed by atoms with Crippen molar-refractivity contribution in [2.45, 2.75) is 63.5 Å². The maximum atomic E-state index is 6.24. The third-order valence-electron chi connectivity index (χ3n) is 5.14. The van der Waals surface area contributed by atoms with E-state index in [4.69, 9.17) is 4.74 Å². The highest BCUT2D eigenvalue weighted by atomic mass is 32.1. The maximum Gasteiger partial charge on any atom is 0.0798 e. The molecule has 2 aliphatic rings. The van der Waals surface area contributed by atoms with Crippen molar-refractivity contribution in [1.29, 1.82) is 0 Å². The fourth-order valence-corrected chi connectivity index (χ4v) is 5.09. The summed E-state index contributed by atoms with van der Waals surface area (Å²) in [6, 6.07) is 0.449. The van der Waals surface area contributed by atoms with Crippen LogP contribution in [0, 0.1) is 12.8 Å². The molecule has 3 rings (SSSR count). The van der Waals surface area contributed by atoms with Gasteiger partial charge < -0.3 is 10.1 Å². The third kappa shape index (κ3) is 2.78. The number of ether oxygens (including phenoxy) is 1. The van der Waals surface area contributed by atoms with E-state index in [0.717, 1.165) is 6.61 Å². The second-order valence-electron chi connectivity index (χ2n) is 6.41. The molecule has 0 amide bonds. The zero-order valence-electron chi connectivity index (χ0n) is 12.7. The summed E-state index contributed by atoms with van der Waals surface area (Å²) in [7, 11) is 2.09. The van der Waals surface area contributed by atoms with Gasteiger partial charge in [0.15, 0.2) is 0 Å². The van der Waals surface area contributed by atoms with Crippen LogP contribution in [0.5, 0.6) is 0 Å². The minimum atomic E-state index is 0.189. The van der Waals surface area contributed by atoms with Gasteiger partial charge in [-0.05, 0) is 45.6 Å². The minimum absolute atomic E-state index is 0.189. The van der Waals surface area contributed by atoms with E-state index in [1.165, 1.54) is 55.5 Å². The van der Waals surface area contributed by atoms with Gasteiger partial charge >= 0.3 is 0 Å². The van der Waals surface area contributed by atoms with Gasteiger partial charge in [0.05, 0.1) is 16.8 Å². The molecule has 2 atom stereocenters. The Bertz CT molecular complexity index is 434. The summed E-state index contributed by atoms with van der Waals surface area (Å²) < 4.78 is 6.24. The Hall–Kier alpha value is -0.450. The topological polar surface area (TPSA) is 34.2 Å². The van der Waals surface area contributed by atoms with E-state index in [9.17, 15) is 0 Å². The Balaban J connectivity index is 1.76. The van der Waals surface area contributed by atoms with Crippen LogP contribution >= 0.6 is 11.3 Å². The van der Waals surface area contributed by atoms with Crippen molar-refractivity contribution in [1.82, 2.24) is 10.3 Å². The molecule has 1 spiro atoms. The van der Waals surface area contributed by atoms with Crippen molar-refractivity contribution in [3.8, 4) is 0 Å². The zero-order chi connectivity index (χ0) is 14.0. The fraction of sp³-hybridized carbons (Fsp3) is 0.812. The normalized spacial score (nSPS) is 27.6. The van der Waals surface area contributed by atoms with Gasteiger partial charge in [-0.15, -0.1) is 11.3 Å². The van der Waals surface area contributed by atoms with E-state index < -0.39 is 0 Å². The SMILES string of the molecule is CNC(c1scnc1C)C1CCOC2(CCCCC2)C1. The quantitative estimate of drug-likeness (QED) is 0.919. The van der Waals surface area contributed by atoms with Crippen LogP contribution in [0.4, 0.5) is 0 Å². The molecule has 0 radical (unpaired) electrons. The number of nitrogens with one attached hydrogen (secondary N) is 1. The van der Waals surface area contributed by atoms with Crippen molar-refractivity contribution in [2.75, 3.05) is 13.7 Å². The zero-order valence-corrected chi connectivity index (χ0v) is 13.5. The lowest BCUT2D eigenvalue weighted by atomic mass is 9.74. The number of aromatic nitrogens is 1. The number of aryl methyl sites for hydroxylation is 1. The summed E-state index contributed by atoms with van der Waals surface area (Å²) >= 11 is 1.80. The highest BCUT2D eigenvalue weighted by Gasteiger charge is 2.41. The minimum Gasteiger partial charge on any atom is -0.375 e. The first-order valence-corrected chi connectivity index (χ1v) is 8.83. The van der Waals surface area contributed by atoms with Crippen molar-refractivity contribution in [2.24, 2.45) is 5.92 Å². The summed E-state index contributed by atoms with van der Waals surface area (Å²) in [5.74, 6) is 0.686. The first-order valence-electron chi connectivity index (χ1n) is 7.95. The monoisotopic (exact) mass is 294 g/mol. The molecule has 1 saturated heterocycles. The van der Waals surface area contributed by atoms with Crippen LogP contribution in [0.2, 0.25) is 0 Å². The molecule has 1 N–H and O–H groups in total. The Labute approximate surface area is 126 Å². The molecule has 2 heterocycles. The first-order chi connectivity index (χ1) is 9.74. The van der Waals surface area contributed by atoms with E-state index in [-0.39, 0.29) is 5.60 Å². The van der Waals surface area contributed by atoms with Crippen LogP contribution in [-0.4, -0.2) is 24.2 Å². The summed E-state index contributed by atoms with van der Waals surface area (Å²) in [5.41, 5.74) is 3.36. The lowest BCUT2D eigenvalue weighted by Gasteiger charge is -2.45. The largest absolute Gasteiger partial charge is 0.375 e. The molecule has 2 unspecified atom stereocenters. The number of nitrogens with zero attached hydrogens (tertiary/aromatic N) is 1. The van der Waals surface area contributed by atoms with Gasteiger partial charge in [0.25, 0.3) is 0 Å². The molecule has 0 bridgehead atoms. The molecule has 1 aromatic rings. The molecule has 1 saturated carbocycles. The molecule has 1 aliphatic heterocycles. The van der Waals surface area contributed by atoms with Gasteiger partial charge in [0.1, 0.15) is 0 Å². The Kier molecular flexibility index (Phi) is 4.43. The average molecular weight is 294 g/mol. The smallest absolute Gasteiger partial charge is 0.0798 e. The average Bonchev–Trinajstić information content (AvgIpc) is 2.87. The van der Waals surface area contributed by atoms with Gasteiger partial charge in [-0.25, -0.2) is 4.98 Å². The van der Waals surface area contributed by atoms with Gasteiger partial charge in [-0.1, -0.05) is 19.3 Å². The molecule has 20 heavy (non-hydrogen) atoms. The highest BCUT2D eigenvalue weighted by Crippen LogP contribution is 2.45. The van der Waals surface area contributed by atoms with Crippen molar-refractivity contribution in [3.63, 3.8) is 0 Å². The fourth-order valence-electron chi connectivity index (χ4n) is 4.09. The van der Waals surface area contributed by atoms with Gasteiger partial charge in [0, 0.05) is 17.5 Å². The molecule has 1 aromatic heterocycles.